The molecule has 216 valence electrons. The fourth-order valence-corrected chi connectivity index (χ4v) is 7.73. The maximum Gasteiger partial charge on any atom is 0.164 e. The molecule has 0 bridgehead atoms. The van der Waals surface area contributed by atoms with Gasteiger partial charge in [0.1, 0.15) is 11.2 Å². The molecule has 0 saturated heterocycles. The first-order chi connectivity index (χ1) is 22.8. The number of aromatic nitrogens is 5. The molecular weight excluding hydrogens is 562 g/mol. The molecule has 5 aromatic carbocycles. The Morgan fingerprint density at radius 1 is 0.565 bits per heavy atom. The number of imidazole rings is 1. The van der Waals surface area contributed by atoms with Gasteiger partial charge in [-0.2, -0.15) is 0 Å². The maximum atomic E-state index is 5.38. The molecule has 3 heterocycles. The fraction of sp³-hybridized carbons (Fsp3) is 0.0732. The highest BCUT2D eigenvalue weighted by atomic mass is 15.1. The van der Waals surface area contributed by atoms with E-state index >= 15 is 0 Å². The second kappa shape index (κ2) is 9.53. The van der Waals surface area contributed by atoms with Crippen LogP contribution >= 0.6 is 0 Å². The topological polar surface area (TPSA) is 56.5 Å². The lowest BCUT2D eigenvalue weighted by atomic mass is 9.72. The van der Waals surface area contributed by atoms with Gasteiger partial charge in [-0.25, -0.2) is 19.9 Å². The quantitative estimate of drug-likeness (QED) is 0.206. The van der Waals surface area contributed by atoms with Crippen LogP contribution in [0, 0.1) is 0 Å². The Morgan fingerprint density at radius 2 is 1.28 bits per heavy atom. The highest BCUT2D eigenvalue weighted by Crippen LogP contribution is 2.60. The van der Waals surface area contributed by atoms with Gasteiger partial charge in [-0.15, -0.1) is 0 Å². The zero-order valence-electron chi connectivity index (χ0n) is 24.9. The molecule has 2 aromatic heterocycles. The first kappa shape index (κ1) is 25.4. The van der Waals surface area contributed by atoms with Gasteiger partial charge in [-0.1, -0.05) is 115 Å². The maximum absolute atomic E-state index is 5.38. The third kappa shape index (κ3) is 3.40. The molecule has 3 aliphatic rings. The number of benzene rings is 5. The van der Waals surface area contributed by atoms with Crippen LogP contribution in [0.2, 0.25) is 0 Å². The van der Waals surface area contributed by atoms with Crippen molar-refractivity contribution in [1.82, 2.24) is 24.5 Å². The van der Waals surface area contributed by atoms with Crippen molar-refractivity contribution in [1.29, 1.82) is 0 Å². The highest BCUT2D eigenvalue weighted by molar-refractivity contribution is 5.92. The number of hydrogen-bond acceptors (Lipinski definition) is 4. The Balaban J connectivity index is 1.26. The minimum atomic E-state index is -0.577. The smallest absolute Gasteiger partial charge is 0.164 e. The Kier molecular flexibility index (Phi) is 5.26. The van der Waals surface area contributed by atoms with Gasteiger partial charge in [0.05, 0.1) is 16.7 Å². The summed E-state index contributed by atoms with van der Waals surface area (Å²) in [6.45, 7) is 0. The van der Waals surface area contributed by atoms with Gasteiger partial charge in [-0.05, 0) is 70.5 Å². The zero-order chi connectivity index (χ0) is 30.2. The van der Waals surface area contributed by atoms with Crippen molar-refractivity contribution in [3.8, 4) is 39.6 Å². The lowest BCUT2D eigenvalue weighted by Gasteiger charge is -2.27. The summed E-state index contributed by atoms with van der Waals surface area (Å²) in [7, 11) is 0. The van der Waals surface area contributed by atoms with Crippen LogP contribution in [0.15, 0.2) is 140 Å². The van der Waals surface area contributed by atoms with E-state index in [-0.39, 0.29) is 0 Å². The third-order valence-electron chi connectivity index (χ3n) is 9.72. The molecule has 2 aliphatic carbocycles. The standard InChI is InChI=1S/C41H27N5/c1-3-13-26(14-4-1)37-43-38(27-15-5-2-6-16-27)45-39(44-37)28-23-24-30-29-17-7-8-18-31(29)41(33(30)25-28)32-19-9-11-21-35(32)46-36-22-12-10-20-34(36)42-40(41)46/h1-5,7-15,17-25H,6,16H2. The number of para-hydroxylation sites is 3. The van der Waals surface area contributed by atoms with E-state index in [2.05, 4.69) is 126 Å². The molecule has 10 rings (SSSR count). The summed E-state index contributed by atoms with van der Waals surface area (Å²) in [5.41, 5.74) is 11.9. The van der Waals surface area contributed by atoms with Crippen molar-refractivity contribution in [2.45, 2.75) is 18.3 Å². The number of fused-ring (bicyclic) bond motifs is 12. The van der Waals surface area contributed by atoms with Gasteiger partial charge < -0.3 is 0 Å². The van der Waals surface area contributed by atoms with E-state index in [1.165, 1.54) is 33.5 Å². The van der Waals surface area contributed by atoms with Crippen LogP contribution in [0.25, 0.3) is 56.2 Å². The molecule has 0 saturated carbocycles. The van der Waals surface area contributed by atoms with Gasteiger partial charge in [0, 0.05) is 11.1 Å². The van der Waals surface area contributed by atoms with E-state index in [0.717, 1.165) is 52.2 Å². The molecule has 0 radical (unpaired) electrons. The summed E-state index contributed by atoms with van der Waals surface area (Å²) in [6.07, 6.45) is 8.31. The lowest BCUT2D eigenvalue weighted by Crippen LogP contribution is -2.27. The van der Waals surface area contributed by atoms with E-state index in [9.17, 15) is 0 Å². The van der Waals surface area contributed by atoms with Crippen molar-refractivity contribution in [2.75, 3.05) is 0 Å². The molecular formula is C41H27N5. The monoisotopic (exact) mass is 589 g/mol. The Hall–Kier alpha value is -5.94. The largest absolute Gasteiger partial charge is 0.295 e. The Bertz CT molecular complexity index is 2430. The highest BCUT2D eigenvalue weighted by Gasteiger charge is 2.54. The van der Waals surface area contributed by atoms with E-state index < -0.39 is 5.41 Å². The fourth-order valence-electron chi connectivity index (χ4n) is 7.73. The van der Waals surface area contributed by atoms with Gasteiger partial charge in [0.15, 0.2) is 17.5 Å². The molecule has 1 aliphatic heterocycles. The molecule has 46 heavy (non-hydrogen) atoms. The molecule has 5 heteroatoms. The predicted octanol–water partition coefficient (Wildman–Crippen LogP) is 8.95. The second-order valence-corrected chi connectivity index (χ2v) is 12.2. The van der Waals surface area contributed by atoms with Gasteiger partial charge in [-0.3, -0.25) is 4.57 Å². The van der Waals surface area contributed by atoms with Gasteiger partial charge >= 0.3 is 0 Å². The van der Waals surface area contributed by atoms with Crippen LogP contribution in [0.3, 0.4) is 0 Å². The first-order valence-corrected chi connectivity index (χ1v) is 15.8. The van der Waals surface area contributed by atoms with E-state index in [4.69, 9.17) is 19.9 Å². The SMILES string of the molecule is C1=CCCC(c2nc(-c3ccccc3)nc(-c3ccc4c(c3)C3(c5ccccc5-4)c4ccccc4-n4c3nc3ccccc34)n2)=C1. The van der Waals surface area contributed by atoms with Crippen LogP contribution in [0.4, 0.5) is 0 Å². The average Bonchev–Trinajstić information content (AvgIpc) is 3.76. The number of allylic oxidation sites excluding steroid dienone is 4. The Morgan fingerprint density at radius 3 is 2.15 bits per heavy atom. The van der Waals surface area contributed by atoms with E-state index in [0.29, 0.717) is 11.6 Å². The van der Waals surface area contributed by atoms with Gasteiger partial charge in [0.2, 0.25) is 0 Å². The van der Waals surface area contributed by atoms with Crippen molar-refractivity contribution >= 4 is 16.6 Å². The lowest BCUT2D eigenvalue weighted by molar-refractivity contribution is 0.738. The van der Waals surface area contributed by atoms with Crippen LogP contribution in [0.5, 0.6) is 0 Å². The number of hydrogen-bond donors (Lipinski definition) is 0. The second-order valence-electron chi connectivity index (χ2n) is 12.2. The molecule has 1 spiro atoms. The predicted molar refractivity (Wildman–Crippen MR) is 183 cm³/mol. The summed E-state index contributed by atoms with van der Waals surface area (Å²) in [4.78, 5) is 20.6. The third-order valence-corrected chi connectivity index (χ3v) is 9.72. The van der Waals surface area contributed by atoms with Crippen molar-refractivity contribution in [2.24, 2.45) is 0 Å². The van der Waals surface area contributed by atoms with Crippen molar-refractivity contribution in [3.05, 3.63) is 168 Å². The molecule has 0 amide bonds. The molecule has 1 unspecified atom stereocenters. The first-order valence-electron chi connectivity index (χ1n) is 15.8. The van der Waals surface area contributed by atoms with Crippen molar-refractivity contribution in [3.63, 3.8) is 0 Å². The molecule has 7 aromatic rings. The van der Waals surface area contributed by atoms with Gasteiger partial charge in [0.25, 0.3) is 0 Å². The number of nitrogens with zero attached hydrogens (tertiary/aromatic N) is 5. The normalized spacial score (nSPS) is 17.1. The summed E-state index contributed by atoms with van der Waals surface area (Å²) >= 11 is 0. The summed E-state index contributed by atoms with van der Waals surface area (Å²) in [5, 5.41) is 0. The number of rotatable bonds is 3. The van der Waals surface area contributed by atoms with Crippen LogP contribution in [-0.4, -0.2) is 24.5 Å². The molecule has 0 N–H and O–H groups in total. The molecule has 5 nitrogen and oxygen atoms in total. The van der Waals surface area contributed by atoms with Crippen LogP contribution in [0.1, 0.15) is 41.2 Å². The van der Waals surface area contributed by atoms with Crippen molar-refractivity contribution < 1.29 is 0 Å². The summed E-state index contributed by atoms with van der Waals surface area (Å²) in [5.74, 6) is 3.12. The van der Waals surface area contributed by atoms with E-state index in [1.54, 1.807) is 0 Å². The molecule has 1 atom stereocenters. The summed E-state index contributed by atoms with van der Waals surface area (Å²) in [6, 6.07) is 43.0. The minimum Gasteiger partial charge on any atom is -0.295 e. The molecule has 0 fully saturated rings. The van der Waals surface area contributed by atoms with Crippen LogP contribution in [-0.2, 0) is 5.41 Å². The zero-order valence-corrected chi connectivity index (χ0v) is 24.9. The van der Waals surface area contributed by atoms with Crippen LogP contribution < -0.4 is 0 Å². The average molecular weight is 590 g/mol. The van der Waals surface area contributed by atoms with E-state index in [1.807, 2.05) is 18.2 Å². The minimum absolute atomic E-state index is 0.577. The Labute approximate surface area is 266 Å². The summed E-state index contributed by atoms with van der Waals surface area (Å²) < 4.78 is 2.36.